The number of rotatable bonds is 3. The zero-order valence-corrected chi connectivity index (χ0v) is 9.12. The molecule has 17 heavy (non-hydrogen) atoms. The highest BCUT2D eigenvalue weighted by Gasteiger charge is 2.09. The minimum atomic E-state index is -1.01. The third-order valence-electron chi connectivity index (χ3n) is 2.26. The lowest BCUT2D eigenvalue weighted by molar-refractivity contribution is 0.0696. The molecule has 0 aliphatic carbocycles. The van der Waals surface area contributed by atoms with Crippen LogP contribution in [0.25, 0.3) is 11.1 Å². The maximum absolute atomic E-state index is 10.9. The van der Waals surface area contributed by atoms with Crippen LogP contribution in [0.3, 0.4) is 0 Å². The molecule has 0 saturated carbocycles. The molecular formula is C12H10N2O3. The van der Waals surface area contributed by atoms with Gasteiger partial charge in [0.2, 0.25) is 5.88 Å². The second kappa shape index (κ2) is 4.61. The molecule has 2 rings (SSSR count). The van der Waals surface area contributed by atoms with Crippen LogP contribution in [0.2, 0.25) is 0 Å². The molecule has 5 heteroatoms. The van der Waals surface area contributed by atoms with Gasteiger partial charge in [-0.25, -0.2) is 9.78 Å². The van der Waals surface area contributed by atoms with Crippen molar-refractivity contribution in [1.82, 2.24) is 9.97 Å². The van der Waals surface area contributed by atoms with Crippen molar-refractivity contribution < 1.29 is 14.6 Å². The van der Waals surface area contributed by atoms with Crippen LogP contribution >= 0.6 is 0 Å². The van der Waals surface area contributed by atoms with Crippen molar-refractivity contribution in [3.63, 3.8) is 0 Å². The van der Waals surface area contributed by atoms with Crippen LogP contribution in [0.15, 0.2) is 36.8 Å². The number of carboxylic acid groups (broad SMARTS) is 1. The van der Waals surface area contributed by atoms with E-state index in [9.17, 15) is 4.79 Å². The van der Waals surface area contributed by atoms with E-state index in [0.717, 1.165) is 0 Å². The smallest absolute Gasteiger partial charge is 0.337 e. The summed E-state index contributed by atoms with van der Waals surface area (Å²) in [6.45, 7) is 0. The molecule has 0 fully saturated rings. The van der Waals surface area contributed by atoms with Crippen molar-refractivity contribution in [2.24, 2.45) is 0 Å². The van der Waals surface area contributed by atoms with Crippen LogP contribution in [-0.2, 0) is 0 Å². The van der Waals surface area contributed by atoms with Crippen molar-refractivity contribution in [3.05, 3.63) is 42.4 Å². The highest BCUT2D eigenvalue weighted by atomic mass is 16.5. The number of aromatic carboxylic acids is 1. The molecular weight excluding hydrogens is 220 g/mol. The number of hydrogen-bond donors (Lipinski definition) is 1. The van der Waals surface area contributed by atoms with E-state index in [1.165, 1.54) is 19.4 Å². The molecule has 5 nitrogen and oxygen atoms in total. The number of methoxy groups -OCH3 is 1. The first-order chi connectivity index (χ1) is 8.22. The van der Waals surface area contributed by atoms with E-state index >= 15 is 0 Å². The number of aromatic nitrogens is 2. The summed E-state index contributed by atoms with van der Waals surface area (Å²) in [6, 6.07) is 5.09. The van der Waals surface area contributed by atoms with Crippen molar-refractivity contribution in [2.75, 3.05) is 7.11 Å². The normalized spacial score (nSPS) is 9.94. The maximum atomic E-state index is 10.9. The Hall–Kier alpha value is -2.43. The van der Waals surface area contributed by atoms with Gasteiger partial charge in [0, 0.05) is 29.7 Å². The van der Waals surface area contributed by atoms with Crippen molar-refractivity contribution >= 4 is 5.97 Å². The first-order valence-corrected chi connectivity index (χ1v) is 4.90. The molecule has 0 atom stereocenters. The predicted molar refractivity (Wildman–Crippen MR) is 61.0 cm³/mol. The lowest BCUT2D eigenvalue weighted by Gasteiger charge is -2.06. The Balaban J connectivity index is 2.52. The zero-order chi connectivity index (χ0) is 12.3. The van der Waals surface area contributed by atoms with Gasteiger partial charge < -0.3 is 9.84 Å². The minimum Gasteiger partial charge on any atom is -0.481 e. The van der Waals surface area contributed by atoms with Crippen LogP contribution in [0.5, 0.6) is 5.88 Å². The van der Waals surface area contributed by atoms with Crippen LogP contribution in [0.1, 0.15) is 10.4 Å². The van der Waals surface area contributed by atoms with E-state index in [0.29, 0.717) is 17.0 Å². The molecule has 0 saturated heterocycles. The van der Waals surface area contributed by atoms with Crippen LogP contribution < -0.4 is 4.74 Å². The third-order valence-corrected chi connectivity index (χ3v) is 2.26. The van der Waals surface area contributed by atoms with E-state index in [4.69, 9.17) is 9.84 Å². The number of hydrogen-bond acceptors (Lipinski definition) is 4. The molecule has 0 bridgehead atoms. The van der Waals surface area contributed by atoms with Gasteiger partial charge >= 0.3 is 5.97 Å². The molecule has 0 amide bonds. The first kappa shape index (κ1) is 11.1. The van der Waals surface area contributed by atoms with Gasteiger partial charge in [-0.3, -0.25) is 4.98 Å². The Morgan fingerprint density at radius 2 is 2.24 bits per heavy atom. The van der Waals surface area contributed by atoms with Gasteiger partial charge in [0.15, 0.2) is 0 Å². The van der Waals surface area contributed by atoms with Gasteiger partial charge in [-0.2, -0.15) is 0 Å². The van der Waals surface area contributed by atoms with Gasteiger partial charge in [0.1, 0.15) is 0 Å². The Labute approximate surface area is 97.7 Å². The van der Waals surface area contributed by atoms with E-state index in [-0.39, 0.29) is 5.56 Å². The van der Waals surface area contributed by atoms with Gasteiger partial charge in [0.25, 0.3) is 0 Å². The molecule has 2 heterocycles. The number of carboxylic acids is 1. The lowest BCUT2D eigenvalue weighted by Crippen LogP contribution is -1.98. The first-order valence-electron chi connectivity index (χ1n) is 4.90. The van der Waals surface area contributed by atoms with Gasteiger partial charge in [-0.15, -0.1) is 0 Å². The summed E-state index contributed by atoms with van der Waals surface area (Å²) < 4.78 is 5.11. The summed E-state index contributed by atoms with van der Waals surface area (Å²) in [7, 11) is 1.51. The molecule has 0 aromatic carbocycles. The SMILES string of the molecule is COc1ncccc1-c1cncc(C(=O)O)c1. The van der Waals surface area contributed by atoms with Gasteiger partial charge in [0.05, 0.1) is 12.7 Å². The third kappa shape index (κ3) is 2.23. The second-order valence-electron chi connectivity index (χ2n) is 3.33. The summed E-state index contributed by atoms with van der Waals surface area (Å²) in [5.74, 6) is -0.570. The van der Waals surface area contributed by atoms with Crippen molar-refractivity contribution in [2.45, 2.75) is 0 Å². The lowest BCUT2D eigenvalue weighted by atomic mass is 10.1. The summed E-state index contributed by atoms with van der Waals surface area (Å²) in [5, 5.41) is 8.90. The molecule has 0 aliphatic heterocycles. The number of pyridine rings is 2. The van der Waals surface area contributed by atoms with Gasteiger partial charge in [-0.1, -0.05) is 0 Å². The second-order valence-corrected chi connectivity index (χ2v) is 3.33. The highest BCUT2D eigenvalue weighted by Crippen LogP contribution is 2.27. The van der Waals surface area contributed by atoms with E-state index in [1.807, 2.05) is 0 Å². The van der Waals surface area contributed by atoms with Gasteiger partial charge in [-0.05, 0) is 18.2 Å². The Morgan fingerprint density at radius 1 is 1.41 bits per heavy atom. The monoisotopic (exact) mass is 230 g/mol. The highest BCUT2D eigenvalue weighted by molar-refractivity contribution is 5.89. The van der Waals surface area contributed by atoms with E-state index < -0.39 is 5.97 Å². The fourth-order valence-corrected chi connectivity index (χ4v) is 1.48. The molecule has 1 N–H and O–H groups in total. The quantitative estimate of drug-likeness (QED) is 0.871. The molecule has 0 radical (unpaired) electrons. The average molecular weight is 230 g/mol. The maximum Gasteiger partial charge on any atom is 0.337 e. The minimum absolute atomic E-state index is 0.133. The summed E-state index contributed by atoms with van der Waals surface area (Å²) in [4.78, 5) is 18.8. The topological polar surface area (TPSA) is 72.3 Å². The Morgan fingerprint density at radius 3 is 2.94 bits per heavy atom. The number of carbonyl (C=O) groups is 1. The predicted octanol–water partition coefficient (Wildman–Crippen LogP) is 1.85. The van der Waals surface area contributed by atoms with Crippen LogP contribution in [-0.4, -0.2) is 28.2 Å². The van der Waals surface area contributed by atoms with Crippen molar-refractivity contribution in [3.8, 4) is 17.0 Å². The van der Waals surface area contributed by atoms with Crippen molar-refractivity contribution in [1.29, 1.82) is 0 Å². The summed E-state index contributed by atoms with van der Waals surface area (Å²) in [6.07, 6.45) is 4.48. The molecule has 86 valence electrons. The van der Waals surface area contributed by atoms with E-state index in [2.05, 4.69) is 9.97 Å². The fraction of sp³-hybridized carbons (Fsp3) is 0.0833. The van der Waals surface area contributed by atoms with E-state index in [1.54, 1.807) is 24.5 Å². The Kier molecular flexibility index (Phi) is 3.00. The molecule has 0 aliphatic rings. The number of nitrogens with zero attached hydrogens (tertiary/aromatic N) is 2. The standard InChI is InChI=1S/C12H10N2O3/c1-17-11-10(3-2-4-14-11)8-5-9(12(15)16)7-13-6-8/h2-7H,1H3,(H,15,16). The summed E-state index contributed by atoms with van der Waals surface area (Å²) >= 11 is 0. The fourth-order valence-electron chi connectivity index (χ4n) is 1.48. The zero-order valence-electron chi connectivity index (χ0n) is 9.12. The molecule has 2 aromatic heterocycles. The Bertz CT molecular complexity index is 555. The van der Waals surface area contributed by atoms with Crippen LogP contribution in [0, 0.1) is 0 Å². The molecule has 0 unspecified atom stereocenters. The molecule has 2 aromatic rings. The van der Waals surface area contributed by atoms with Crippen LogP contribution in [0.4, 0.5) is 0 Å². The number of ether oxygens (including phenoxy) is 1. The largest absolute Gasteiger partial charge is 0.481 e. The molecule has 0 spiro atoms. The summed E-state index contributed by atoms with van der Waals surface area (Å²) in [5.41, 5.74) is 1.51. The average Bonchev–Trinajstić information content (AvgIpc) is 2.39.